The Balaban J connectivity index is 1.41. The van der Waals surface area contributed by atoms with E-state index in [4.69, 9.17) is 4.74 Å². The van der Waals surface area contributed by atoms with Gasteiger partial charge in [-0.2, -0.15) is 5.10 Å². The fourth-order valence-corrected chi connectivity index (χ4v) is 4.74. The average molecular weight is 429 g/mol. The zero-order valence-electron chi connectivity index (χ0n) is 17.4. The van der Waals surface area contributed by atoms with E-state index in [0.29, 0.717) is 12.4 Å². The third-order valence-electron chi connectivity index (χ3n) is 5.56. The molecule has 0 saturated heterocycles. The van der Waals surface area contributed by atoms with Gasteiger partial charge < -0.3 is 15.0 Å². The van der Waals surface area contributed by atoms with Gasteiger partial charge in [0.1, 0.15) is 6.61 Å². The van der Waals surface area contributed by atoms with Gasteiger partial charge in [-0.25, -0.2) is 9.37 Å². The number of hydrogen-bond acceptors (Lipinski definition) is 7. The van der Waals surface area contributed by atoms with E-state index in [1.54, 1.807) is 0 Å². The number of halogens is 1. The first-order valence-electron chi connectivity index (χ1n) is 10.2. The van der Waals surface area contributed by atoms with Crippen LogP contribution in [0.25, 0.3) is 11.3 Å². The van der Waals surface area contributed by atoms with Crippen molar-refractivity contribution in [3.05, 3.63) is 35.1 Å². The number of ether oxygens (including phenoxy) is 1. The van der Waals surface area contributed by atoms with Crippen molar-refractivity contribution in [1.29, 1.82) is 0 Å². The predicted molar refractivity (Wildman–Crippen MR) is 117 cm³/mol. The molecule has 0 aliphatic carbocycles. The van der Waals surface area contributed by atoms with E-state index in [-0.39, 0.29) is 11.9 Å². The highest BCUT2D eigenvalue weighted by atomic mass is 32.1. The Morgan fingerprint density at radius 1 is 1.20 bits per heavy atom. The molecule has 0 unspecified atom stereocenters. The fraction of sp³-hybridized carbons (Fsp3) is 0.429. The van der Waals surface area contributed by atoms with E-state index in [9.17, 15) is 4.39 Å². The standard InChI is InChI=1S/C21H25FN6OS/c1-13(2)27-6-7-29-20-16(22)8-14(9-18(20)27)17-12-30-21(23-17)24-19-10-15-11-26(3)4-5-28(15)25-19/h8-10,12-13H,4-7,11H2,1-3H3,(H,23,24,25). The third-order valence-corrected chi connectivity index (χ3v) is 6.32. The van der Waals surface area contributed by atoms with Crippen LogP contribution in [0.5, 0.6) is 5.75 Å². The molecule has 2 aliphatic rings. The van der Waals surface area contributed by atoms with E-state index in [0.717, 1.165) is 54.1 Å². The molecular formula is C21H25FN6OS. The SMILES string of the molecule is CC(C)N1CCOc2c(F)cc(-c3csc(Nc4cc5n(n4)CCN(C)C5)n3)cc21. The molecule has 0 saturated carbocycles. The van der Waals surface area contributed by atoms with E-state index >= 15 is 0 Å². The van der Waals surface area contributed by atoms with Crippen LogP contribution < -0.4 is 15.0 Å². The molecule has 1 N–H and O–H groups in total. The Hall–Kier alpha value is -2.65. The summed E-state index contributed by atoms with van der Waals surface area (Å²) in [4.78, 5) is 9.12. The quantitative estimate of drug-likeness (QED) is 0.679. The molecule has 5 rings (SSSR count). The smallest absolute Gasteiger partial charge is 0.188 e. The monoisotopic (exact) mass is 428 g/mol. The Morgan fingerprint density at radius 3 is 2.90 bits per heavy atom. The average Bonchev–Trinajstić information content (AvgIpc) is 3.33. The topological polar surface area (TPSA) is 58.5 Å². The Kier molecular flexibility index (Phi) is 4.86. The highest BCUT2D eigenvalue weighted by Gasteiger charge is 2.25. The number of anilines is 3. The lowest BCUT2D eigenvalue weighted by Gasteiger charge is -2.34. The summed E-state index contributed by atoms with van der Waals surface area (Å²) in [7, 11) is 2.11. The minimum atomic E-state index is -0.346. The summed E-state index contributed by atoms with van der Waals surface area (Å²) < 4.78 is 22.4. The normalized spacial score (nSPS) is 16.4. The van der Waals surface area contributed by atoms with Crippen molar-refractivity contribution in [1.82, 2.24) is 19.7 Å². The summed E-state index contributed by atoms with van der Waals surface area (Å²) >= 11 is 1.49. The molecule has 158 valence electrons. The van der Waals surface area contributed by atoms with Gasteiger partial charge in [-0.05, 0) is 33.0 Å². The lowest BCUT2D eigenvalue weighted by atomic mass is 10.1. The second-order valence-corrected chi connectivity index (χ2v) is 8.94. The van der Waals surface area contributed by atoms with Crippen LogP contribution in [0.3, 0.4) is 0 Å². The molecule has 1 aromatic carbocycles. The predicted octanol–water partition coefficient (Wildman–Crippen LogP) is 3.94. The molecule has 9 heteroatoms. The van der Waals surface area contributed by atoms with Gasteiger partial charge in [-0.3, -0.25) is 9.58 Å². The molecule has 0 radical (unpaired) electrons. The number of hydrogen-bond donors (Lipinski definition) is 1. The first kappa shape index (κ1) is 19.3. The highest BCUT2D eigenvalue weighted by Crippen LogP contribution is 2.39. The van der Waals surface area contributed by atoms with Crippen LogP contribution in [0.15, 0.2) is 23.6 Å². The zero-order valence-corrected chi connectivity index (χ0v) is 18.2. The van der Waals surface area contributed by atoms with Gasteiger partial charge in [0.25, 0.3) is 0 Å². The fourth-order valence-electron chi connectivity index (χ4n) is 4.02. The van der Waals surface area contributed by atoms with Gasteiger partial charge in [0, 0.05) is 36.1 Å². The number of nitrogens with zero attached hydrogens (tertiary/aromatic N) is 5. The maximum atomic E-state index is 14.8. The van der Waals surface area contributed by atoms with Gasteiger partial charge in [-0.15, -0.1) is 11.3 Å². The number of aromatic nitrogens is 3. The Labute approximate surface area is 179 Å². The first-order chi connectivity index (χ1) is 14.5. The van der Waals surface area contributed by atoms with E-state index < -0.39 is 0 Å². The lowest BCUT2D eigenvalue weighted by Crippen LogP contribution is -2.38. The molecule has 4 heterocycles. The maximum absolute atomic E-state index is 14.8. The van der Waals surface area contributed by atoms with Crippen molar-refractivity contribution in [2.75, 3.05) is 37.0 Å². The maximum Gasteiger partial charge on any atom is 0.188 e. The number of nitrogens with one attached hydrogen (secondary N) is 1. The molecule has 30 heavy (non-hydrogen) atoms. The van der Waals surface area contributed by atoms with E-state index in [2.05, 4.69) is 52.2 Å². The molecule has 3 aromatic rings. The van der Waals surface area contributed by atoms with Gasteiger partial charge in [0.05, 0.1) is 30.2 Å². The largest absolute Gasteiger partial charge is 0.486 e. The summed E-state index contributed by atoms with van der Waals surface area (Å²) in [6.45, 7) is 8.23. The minimum Gasteiger partial charge on any atom is -0.486 e. The number of rotatable bonds is 4. The molecule has 2 aliphatic heterocycles. The molecule has 0 bridgehead atoms. The molecular weight excluding hydrogens is 403 g/mol. The van der Waals surface area contributed by atoms with Crippen molar-refractivity contribution < 1.29 is 9.13 Å². The van der Waals surface area contributed by atoms with Crippen molar-refractivity contribution in [2.24, 2.45) is 0 Å². The van der Waals surface area contributed by atoms with Crippen LogP contribution in [-0.4, -0.2) is 52.5 Å². The first-order valence-corrected chi connectivity index (χ1v) is 11.1. The Morgan fingerprint density at radius 2 is 2.07 bits per heavy atom. The van der Waals surface area contributed by atoms with Crippen molar-refractivity contribution in [3.8, 4) is 17.0 Å². The number of likely N-dealkylation sites (N-methyl/N-ethyl adjacent to an activating group) is 1. The summed E-state index contributed by atoms with van der Waals surface area (Å²) in [5.41, 5.74) is 3.47. The lowest BCUT2D eigenvalue weighted by molar-refractivity contribution is 0.259. The van der Waals surface area contributed by atoms with Crippen LogP contribution in [-0.2, 0) is 13.1 Å². The van der Waals surface area contributed by atoms with Crippen molar-refractivity contribution in [2.45, 2.75) is 33.0 Å². The highest BCUT2D eigenvalue weighted by molar-refractivity contribution is 7.14. The van der Waals surface area contributed by atoms with Crippen LogP contribution in [0.4, 0.5) is 21.0 Å². The molecule has 0 atom stereocenters. The van der Waals surface area contributed by atoms with Crippen LogP contribution >= 0.6 is 11.3 Å². The van der Waals surface area contributed by atoms with Crippen molar-refractivity contribution in [3.63, 3.8) is 0 Å². The summed E-state index contributed by atoms with van der Waals surface area (Å²) in [5.74, 6) is 0.777. The molecule has 0 fully saturated rings. The number of fused-ring (bicyclic) bond motifs is 2. The van der Waals surface area contributed by atoms with Crippen molar-refractivity contribution >= 4 is 28.0 Å². The Bertz CT molecular complexity index is 1080. The second kappa shape index (κ2) is 7.55. The third kappa shape index (κ3) is 3.52. The molecule has 0 amide bonds. The van der Waals surface area contributed by atoms with Gasteiger partial charge in [-0.1, -0.05) is 0 Å². The number of benzene rings is 1. The molecule has 0 spiro atoms. The second-order valence-electron chi connectivity index (χ2n) is 8.09. The van der Waals surface area contributed by atoms with Gasteiger partial charge in [0.15, 0.2) is 22.5 Å². The zero-order chi connectivity index (χ0) is 20.8. The summed E-state index contributed by atoms with van der Waals surface area (Å²) in [6.07, 6.45) is 0. The number of thiazole rings is 1. The van der Waals surface area contributed by atoms with Crippen LogP contribution in [0.1, 0.15) is 19.5 Å². The van der Waals surface area contributed by atoms with E-state index in [1.807, 2.05) is 16.1 Å². The van der Waals surface area contributed by atoms with Crippen LogP contribution in [0.2, 0.25) is 0 Å². The summed E-state index contributed by atoms with van der Waals surface area (Å²) in [5, 5.41) is 10.6. The van der Waals surface area contributed by atoms with Gasteiger partial charge >= 0.3 is 0 Å². The molecule has 2 aromatic heterocycles. The molecule has 7 nitrogen and oxygen atoms in total. The van der Waals surface area contributed by atoms with Crippen LogP contribution in [0, 0.1) is 5.82 Å². The van der Waals surface area contributed by atoms with E-state index in [1.165, 1.54) is 23.1 Å². The summed E-state index contributed by atoms with van der Waals surface area (Å²) in [6, 6.07) is 5.81. The van der Waals surface area contributed by atoms with Gasteiger partial charge in [0.2, 0.25) is 0 Å². The minimum absolute atomic E-state index is 0.265.